The second-order valence-corrected chi connectivity index (χ2v) is 12.2. The van der Waals surface area contributed by atoms with Crippen molar-refractivity contribution in [3.63, 3.8) is 0 Å². The summed E-state index contributed by atoms with van der Waals surface area (Å²) in [6.07, 6.45) is 0. The Kier molecular flexibility index (Phi) is 10.4. The zero-order valence-electron chi connectivity index (χ0n) is 18.2. The fourth-order valence-corrected chi connectivity index (χ4v) is 3.07. The van der Waals surface area contributed by atoms with Gasteiger partial charge in [-0.15, -0.1) is 22.9 Å². The van der Waals surface area contributed by atoms with Crippen LogP contribution in [0.4, 0.5) is 0 Å². The zero-order chi connectivity index (χ0) is 22.8. The summed E-state index contributed by atoms with van der Waals surface area (Å²) in [6.45, 7) is 1.88. The summed E-state index contributed by atoms with van der Waals surface area (Å²) in [4.78, 5) is 0. The van der Waals surface area contributed by atoms with Crippen LogP contribution < -0.4 is 18.9 Å². The van der Waals surface area contributed by atoms with Crippen molar-refractivity contribution >= 4 is 44.5 Å². The predicted octanol–water partition coefficient (Wildman–Crippen LogP) is 6.89. The van der Waals surface area contributed by atoms with Crippen molar-refractivity contribution in [1.29, 1.82) is 0 Å². The summed E-state index contributed by atoms with van der Waals surface area (Å²) in [6, 6.07) is 19.8. The molecule has 0 saturated heterocycles. The Morgan fingerprint density at radius 3 is 1.26 bits per heavy atom. The molecule has 0 aliphatic carbocycles. The fraction of sp³-hybridized carbons (Fsp3) is 0.208. The van der Waals surface area contributed by atoms with E-state index in [4.69, 9.17) is 37.6 Å². The van der Waals surface area contributed by atoms with Crippen LogP contribution in [0.25, 0.3) is 21.5 Å². The molecule has 0 N–H and O–H groups in total. The van der Waals surface area contributed by atoms with Crippen molar-refractivity contribution in [1.82, 2.24) is 0 Å². The van der Waals surface area contributed by atoms with E-state index >= 15 is 0 Å². The predicted molar refractivity (Wildman–Crippen MR) is 129 cm³/mol. The number of hydrogen-bond acceptors (Lipinski definition) is 4. The van der Waals surface area contributed by atoms with Gasteiger partial charge in [-0.05, 0) is 12.1 Å². The van der Waals surface area contributed by atoms with E-state index in [1.807, 2.05) is 71.9 Å². The Morgan fingerprint density at radius 1 is 0.645 bits per heavy atom. The van der Waals surface area contributed by atoms with Gasteiger partial charge in [-0.3, -0.25) is 0 Å². The van der Waals surface area contributed by atoms with Crippen LogP contribution >= 0.6 is 18.6 Å². The van der Waals surface area contributed by atoms with Crippen LogP contribution in [0.5, 0.6) is 23.0 Å². The van der Waals surface area contributed by atoms with Crippen molar-refractivity contribution < 1.29 is 34.2 Å². The topological polar surface area (TPSA) is 36.9 Å². The Hall–Kier alpha value is -1.98. The molecule has 0 amide bonds. The van der Waals surface area contributed by atoms with Gasteiger partial charge in [-0.25, -0.2) is 0 Å². The van der Waals surface area contributed by atoms with Gasteiger partial charge in [0, 0.05) is 11.5 Å². The molecule has 0 saturated carbocycles. The van der Waals surface area contributed by atoms with E-state index in [1.54, 1.807) is 28.4 Å². The van der Waals surface area contributed by atoms with Crippen molar-refractivity contribution in [2.24, 2.45) is 0 Å². The fourth-order valence-electron chi connectivity index (χ4n) is 3.07. The quantitative estimate of drug-likeness (QED) is 0.228. The van der Waals surface area contributed by atoms with Crippen LogP contribution in [-0.2, 0) is 15.3 Å². The number of benzene rings is 2. The minimum atomic E-state index is -1.54. The standard InChI is InChI=1S/2C11H11O2.C2H4.2ClH.Ti/c2*1-12-10-6-7-11(13-2)9-5-3-4-8(9)10;1-2;;;/h2*3-7H,1-2H3;1H,2H3;2*1H;/q2*-1;;;;+2/p-2. The summed E-state index contributed by atoms with van der Waals surface area (Å²) < 4.78 is 22.8. The molecule has 0 spiro atoms. The number of rotatable bonds is 4. The van der Waals surface area contributed by atoms with E-state index in [9.17, 15) is 0 Å². The molecule has 4 rings (SSSR count). The third kappa shape index (κ3) is 6.50. The molecule has 0 bridgehead atoms. The van der Waals surface area contributed by atoms with E-state index in [2.05, 4.69) is 0 Å². The van der Waals surface area contributed by atoms with Gasteiger partial charge in [0.15, 0.2) is 0 Å². The average Bonchev–Trinajstić information content (AvgIpc) is 3.48. The third-order valence-electron chi connectivity index (χ3n) is 4.56. The molecular formula is C24H26Cl2O4Ti-2. The first-order chi connectivity index (χ1) is 15.0. The summed E-state index contributed by atoms with van der Waals surface area (Å²) >= 11 is -1.54. The van der Waals surface area contributed by atoms with Gasteiger partial charge < -0.3 is 18.9 Å². The van der Waals surface area contributed by atoms with Crippen LogP contribution in [0, 0.1) is 0 Å². The molecule has 0 atom stereocenters. The molecule has 7 heteroatoms. The van der Waals surface area contributed by atoms with Crippen LogP contribution in [0.3, 0.4) is 0 Å². The monoisotopic (exact) mass is 496 g/mol. The molecule has 166 valence electrons. The average molecular weight is 497 g/mol. The van der Waals surface area contributed by atoms with E-state index in [1.165, 1.54) is 0 Å². The van der Waals surface area contributed by atoms with Gasteiger partial charge in [0.05, 0.1) is 39.9 Å². The van der Waals surface area contributed by atoms with Gasteiger partial charge >= 0.3 is 45.1 Å². The van der Waals surface area contributed by atoms with Gasteiger partial charge in [0.1, 0.15) is 0 Å². The van der Waals surface area contributed by atoms with Gasteiger partial charge in [-0.2, -0.15) is 24.3 Å². The molecule has 4 nitrogen and oxygen atoms in total. The van der Waals surface area contributed by atoms with E-state index < -0.39 is 15.3 Å². The first kappa shape index (κ1) is 25.3. The molecule has 0 radical (unpaired) electrons. The van der Waals surface area contributed by atoms with Crippen LogP contribution in [0.2, 0.25) is 0 Å². The van der Waals surface area contributed by atoms with E-state index in [0.717, 1.165) is 44.5 Å². The Morgan fingerprint density at radius 2 is 0.968 bits per heavy atom. The van der Waals surface area contributed by atoms with Gasteiger partial charge in [0.2, 0.25) is 0 Å². The van der Waals surface area contributed by atoms with Crippen LogP contribution in [0.1, 0.15) is 6.92 Å². The maximum absolute atomic E-state index is 5.34. The molecule has 4 aromatic carbocycles. The van der Waals surface area contributed by atoms with Gasteiger partial charge in [-0.1, -0.05) is 22.9 Å². The number of methoxy groups -OCH3 is 4. The Labute approximate surface area is 197 Å². The molecule has 0 aliphatic rings. The third-order valence-corrected chi connectivity index (χ3v) is 7.04. The Balaban J connectivity index is 0.000000182. The molecule has 0 aromatic heterocycles. The van der Waals surface area contributed by atoms with E-state index in [0.29, 0.717) is 0 Å². The molecule has 0 fully saturated rings. The van der Waals surface area contributed by atoms with Crippen molar-refractivity contribution in [2.45, 2.75) is 6.92 Å². The van der Waals surface area contributed by atoms with Crippen LogP contribution in [0.15, 0.2) is 60.7 Å². The SMILES string of the molecule is COc1ccc(OC)c2[cH-]ccc12.COc1ccc(OC)c2[cH-]ccc12.C[CH]=[Ti]([Cl])[Cl]. The Bertz CT molecular complexity index is 969. The number of halogens is 2. The molecular weight excluding hydrogens is 471 g/mol. The number of ether oxygens (including phenoxy) is 4. The van der Waals surface area contributed by atoms with Crippen molar-refractivity contribution in [2.75, 3.05) is 28.4 Å². The normalized spacial score (nSPS) is 9.77. The molecule has 0 heterocycles. The summed E-state index contributed by atoms with van der Waals surface area (Å²) in [5.74, 6) is 3.56. The van der Waals surface area contributed by atoms with Crippen molar-refractivity contribution in [3.05, 3.63) is 60.7 Å². The summed E-state index contributed by atoms with van der Waals surface area (Å²) in [5.41, 5.74) is 0. The van der Waals surface area contributed by atoms with Crippen LogP contribution in [-0.4, -0.2) is 32.8 Å². The van der Waals surface area contributed by atoms with E-state index in [-0.39, 0.29) is 0 Å². The first-order valence-corrected chi connectivity index (χ1v) is 14.7. The molecule has 31 heavy (non-hydrogen) atoms. The second-order valence-electron chi connectivity index (χ2n) is 6.22. The maximum atomic E-state index is 5.34. The second kappa shape index (κ2) is 12.8. The summed E-state index contributed by atoms with van der Waals surface area (Å²) in [5, 5.41) is 4.40. The molecule has 4 aromatic rings. The van der Waals surface area contributed by atoms with Gasteiger partial charge in [0.25, 0.3) is 0 Å². The first-order valence-electron chi connectivity index (χ1n) is 9.50. The minimum absolute atomic E-state index is 0.890. The number of hydrogen-bond donors (Lipinski definition) is 0. The molecule has 0 unspecified atom stereocenters. The number of fused-ring (bicyclic) bond motifs is 2. The molecule has 0 aliphatic heterocycles. The zero-order valence-corrected chi connectivity index (χ0v) is 21.3. The van der Waals surface area contributed by atoms with Crippen molar-refractivity contribution in [3.8, 4) is 23.0 Å². The summed E-state index contributed by atoms with van der Waals surface area (Å²) in [7, 11) is 17.4.